The fraction of sp³-hybridized carbons (Fsp3) is 0.938. The molecule has 0 aromatic carbocycles. The molecule has 0 heterocycles. The summed E-state index contributed by atoms with van der Waals surface area (Å²) in [5.41, 5.74) is 5.75. The summed E-state index contributed by atoms with van der Waals surface area (Å²) in [6.07, 6.45) is 9.57. The van der Waals surface area contributed by atoms with Crippen molar-refractivity contribution in [2.24, 2.45) is 17.6 Å². The van der Waals surface area contributed by atoms with E-state index in [2.05, 4.69) is 6.92 Å². The van der Waals surface area contributed by atoms with Crippen molar-refractivity contribution in [1.82, 2.24) is 4.90 Å². The number of nitrogens with zero attached hydrogens (tertiary/aromatic N) is 1. The molecule has 3 heteroatoms. The maximum atomic E-state index is 12.3. The Kier molecular flexibility index (Phi) is 7.44. The van der Waals surface area contributed by atoms with Crippen molar-refractivity contribution in [3.63, 3.8) is 0 Å². The second kappa shape index (κ2) is 8.57. The van der Waals surface area contributed by atoms with Gasteiger partial charge in [-0.3, -0.25) is 4.79 Å². The third kappa shape index (κ3) is 5.94. The van der Waals surface area contributed by atoms with E-state index in [1.807, 2.05) is 18.9 Å². The average Bonchev–Trinajstić information content (AvgIpc) is 2.42. The van der Waals surface area contributed by atoms with E-state index in [0.717, 1.165) is 31.7 Å². The average molecular weight is 268 g/mol. The first-order valence-corrected chi connectivity index (χ1v) is 8.05. The molecule has 0 bridgehead atoms. The molecule has 0 spiro atoms. The largest absolute Gasteiger partial charge is 0.345 e. The minimum atomic E-state index is 0.181. The van der Waals surface area contributed by atoms with Crippen molar-refractivity contribution in [1.29, 1.82) is 0 Å². The minimum absolute atomic E-state index is 0.181. The monoisotopic (exact) mass is 268 g/mol. The van der Waals surface area contributed by atoms with E-state index in [1.54, 1.807) is 0 Å². The molecule has 1 aliphatic carbocycles. The van der Waals surface area contributed by atoms with Gasteiger partial charge in [-0.2, -0.15) is 0 Å². The van der Waals surface area contributed by atoms with Crippen LogP contribution in [0.25, 0.3) is 0 Å². The van der Waals surface area contributed by atoms with Gasteiger partial charge in [-0.15, -0.1) is 0 Å². The highest BCUT2D eigenvalue weighted by Gasteiger charge is 2.27. The Balaban J connectivity index is 2.27. The fourth-order valence-corrected chi connectivity index (χ4v) is 3.01. The zero-order chi connectivity index (χ0) is 14.3. The topological polar surface area (TPSA) is 46.3 Å². The minimum Gasteiger partial charge on any atom is -0.345 e. The highest BCUT2D eigenvalue weighted by atomic mass is 16.2. The first kappa shape index (κ1) is 16.5. The summed E-state index contributed by atoms with van der Waals surface area (Å²) in [6.45, 7) is 5.05. The van der Waals surface area contributed by atoms with Gasteiger partial charge in [-0.1, -0.05) is 26.2 Å². The summed E-state index contributed by atoms with van der Waals surface area (Å²) in [6, 6.07) is 0.181. The van der Waals surface area contributed by atoms with Crippen LogP contribution < -0.4 is 5.73 Å². The quantitative estimate of drug-likeness (QED) is 0.771. The van der Waals surface area contributed by atoms with Gasteiger partial charge >= 0.3 is 0 Å². The highest BCUT2D eigenvalue weighted by Crippen LogP contribution is 2.32. The van der Waals surface area contributed by atoms with Gasteiger partial charge in [-0.05, 0) is 44.9 Å². The molecule has 0 saturated heterocycles. The van der Waals surface area contributed by atoms with Crippen molar-refractivity contribution < 1.29 is 4.79 Å². The molecule has 112 valence electrons. The number of carbonyl (C=O) groups is 1. The molecule has 19 heavy (non-hydrogen) atoms. The third-order valence-corrected chi connectivity index (χ3v) is 4.46. The van der Waals surface area contributed by atoms with Crippen LogP contribution in [0.4, 0.5) is 0 Å². The molecule has 0 aliphatic heterocycles. The molecule has 1 atom stereocenters. The van der Waals surface area contributed by atoms with Crippen LogP contribution in [0.5, 0.6) is 0 Å². The van der Waals surface area contributed by atoms with E-state index in [1.165, 1.54) is 32.1 Å². The molecule has 3 nitrogen and oxygen atoms in total. The van der Waals surface area contributed by atoms with Crippen LogP contribution in [0, 0.1) is 11.8 Å². The second-order valence-electron chi connectivity index (χ2n) is 6.39. The summed E-state index contributed by atoms with van der Waals surface area (Å²) in [5, 5.41) is 0. The smallest absolute Gasteiger partial charge is 0.225 e. The molecular weight excluding hydrogens is 236 g/mol. The van der Waals surface area contributed by atoms with Gasteiger partial charge in [0.25, 0.3) is 0 Å². The molecule has 1 unspecified atom stereocenters. The number of nitrogens with two attached hydrogens (primary N) is 1. The van der Waals surface area contributed by atoms with Gasteiger partial charge in [-0.25, -0.2) is 0 Å². The van der Waals surface area contributed by atoms with E-state index in [9.17, 15) is 4.79 Å². The lowest BCUT2D eigenvalue weighted by molar-refractivity contribution is -0.135. The van der Waals surface area contributed by atoms with E-state index in [0.29, 0.717) is 5.91 Å². The Morgan fingerprint density at radius 3 is 2.47 bits per heavy atom. The Hall–Kier alpha value is -0.570. The highest BCUT2D eigenvalue weighted by molar-refractivity contribution is 5.78. The van der Waals surface area contributed by atoms with Crippen LogP contribution >= 0.6 is 0 Å². The van der Waals surface area contributed by atoms with Gasteiger partial charge in [0, 0.05) is 25.6 Å². The van der Waals surface area contributed by atoms with Crippen LogP contribution in [0.3, 0.4) is 0 Å². The van der Waals surface area contributed by atoms with Crippen molar-refractivity contribution in [2.75, 3.05) is 13.6 Å². The molecule has 2 N–H and O–H groups in total. The van der Waals surface area contributed by atoms with E-state index in [4.69, 9.17) is 5.73 Å². The number of rotatable bonds is 7. The third-order valence-electron chi connectivity index (χ3n) is 4.46. The Labute approximate surface area is 118 Å². The van der Waals surface area contributed by atoms with Crippen molar-refractivity contribution in [3.8, 4) is 0 Å². The van der Waals surface area contributed by atoms with Crippen LogP contribution in [0.15, 0.2) is 0 Å². The lowest BCUT2D eigenvalue weighted by Gasteiger charge is -2.30. The molecule has 1 saturated carbocycles. The van der Waals surface area contributed by atoms with Gasteiger partial charge in [0.05, 0.1) is 0 Å². The first-order valence-electron chi connectivity index (χ1n) is 8.05. The van der Waals surface area contributed by atoms with Crippen molar-refractivity contribution in [3.05, 3.63) is 0 Å². The van der Waals surface area contributed by atoms with Crippen LogP contribution in [0.2, 0.25) is 0 Å². The number of hydrogen-bond acceptors (Lipinski definition) is 2. The maximum Gasteiger partial charge on any atom is 0.225 e. The van der Waals surface area contributed by atoms with Crippen molar-refractivity contribution >= 4 is 5.91 Å². The lowest BCUT2D eigenvalue weighted by atomic mass is 9.79. The number of amides is 1. The molecular formula is C16H32N2O. The zero-order valence-corrected chi connectivity index (χ0v) is 13.0. The predicted octanol–water partition coefficient (Wildman–Crippen LogP) is 3.18. The van der Waals surface area contributed by atoms with Gasteiger partial charge in [0.15, 0.2) is 0 Å². The van der Waals surface area contributed by atoms with Gasteiger partial charge in [0.2, 0.25) is 5.91 Å². The second-order valence-corrected chi connectivity index (χ2v) is 6.39. The Morgan fingerprint density at radius 1 is 1.32 bits per heavy atom. The van der Waals surface area contributed by atoms with E-state index in [-0.39, 0.29) is 12.0 Å². The summed E-state index contributed by atoms with van der Waals surface area (Å²) < 4.78 is 0. The summed E-state index contributed by atoms with van der Waals surface area (Å²) in [7, 11) is 1.92. The molecule has 0 aromatic heterocycles. The summed E-state index contributed by atoms with van der Waals surface area (Å²) >= 11 is 0. The zero-order valence-electron chi connectivity index (χ0n) is 13.0. The SMILES string of the molecule is CCCCC1CCC(C(=O)N(C)CCC(C)N)CC1. The Morgan fingerprint density at radius 2 is 1.95 bits per heavy atom. The molecule has 0 radical (unpaired) electrons. The maximum absolute atomic E-state index is 12.3. The Bertz CT molecular complexity index is 257. The van der Waals surface area contributed by atoms with Crippen LogP contribution in [-0.4, -0.2) is 30.4 Å². The van der Waals surface area contributed by atoms with E-state index >= 15 is 0 Å². The van der Waals surface area contributed by atoms with Crippen LogP contribution in [-0.2, 0) is 4.79 Å². The molecule has 1 rings (SSSR count). The lowest BCUT2D eigenvalue weighted by Crippen LogP contribution is -2.37. The first-order chi connectivity index (χ1) is 9.04. The predicted molar refractivity (Wildman–Crippen MR) is 80.9 cm³/mol. The van der Waals surface area contributed by atoms with Crippen LogP contribution in [0.1, 0.15) is 65.2 Å². The molecule has 1 amide bonds. The molecule has 1 fully saturated rings. The van der Waals surface area contributed by atoms with Gasteiger partial charge in [0.1, 0.15) is 0 Å². The van der Waals surface area contributed by atoms with Gasteiger partial charge < -0.3 is 10.6 Å². The molecule has 1 aliphatic rings. The number of hydrogen-bond donors (Lipinski definition) is 1. The standard InChI is InChI=1S/C16H32N2O/c1-4-5-6-14-7-9-15(10-8-14)16(19)18(3)12-11-13(2)17/h13-15H,4-12,17H2,1-3H3. The molecule has 0 aromatic rings. The number of carbonyl (C=O) groups excluding carboxylic acids is 1. The fourth-order valence-electron chi connectivity index (χ4n) is 3.01. The van der Waals surface area contributed by atoms with E-state index < -0.39 is 0 Å². The van der Waals surface area contributed by atoms with Crippen molar-refractivity contribution in [2.45, 2.75) is 71.3 Å². The normalized spacial score (nSPS) is 25.1. The summed E-state index contributed by atoms with van der Waals surface area (Å²) in [4.78, 5) is 14.2. The summed E-state index contributed by atoms with van der Waals surface area (Å²) in [5.74, 6) is 1.49. The number of unbranched alkanes of at least 4 members (excludes halogenated alkanes) is 1.